The van der Waals surface area contributed by atoms with E-state index in [1.165, 1.54) is 19.3 Å². The van der Waals surface area contributed by atoms with Crippen LogP contribution in [0.4, 0.5) is 0 Å². The van der Waals surface area contributed by atoms with E-state index in [-0.39, 0.29) is 0 Å². The van der Waals surface area contributed by atoms with Gasteiger partial charge in [0.05, 0.1) is 4.90 Å². The summed E-state index contributed by atoms with van der Waals surface area (Å²) in [6.07, 6.45) is 4.73. The molecule has 17 heavy (non-hydrogen) atoms. The second-order valence-corrected chi connectivity index (χ2v) is 7.00. The smallest absolute Gasteiger partial charge is 0.211 e. The number of halogens is 1. The van der Waals surface area contributed by atoms with Crippen molar-refractivity contribution in [3.05, 3.63) is 28.7 Å². The van der Waals surface area contributed by atoms with Crippen LogP contribution in [-0.4, -0.2) is 15.0 Å². The molecule has 2 rings (SSSR count). The van der Waals surface area contributed by atoms with Crippen LogP contribution in [0, 0.1) is 5.92 Å². The Hall–Kier alpha value is -0.390. The number of sulfonamides is 1. The summed E-state index contributed by atoms with van der Waals surface area (Å²) in [5.74, 6) is 0.719. The van der Waals surface area contributed by atoms with E-state index >= 15 is 0 Å². The van der Waals surface area contributed by atoms with Crippen molar-refractivity contribution in [1.29, 1.82) is 0 Å². The Morgan fingerprint density at radius 2 is 2.00 bits per heavy atom. The van der Waals surface area contributed by atoms with Crippen molar-refractivity contribution in [2.75, 3.05) is 6.54 Å². The maximum absolute atomic E-state index is 12.0. The van der Waals surface area contributed by atoms with Crippen molar-refractivity contribution in [2.45, 2.75) is 30.6 Å². The van der Waals surface area contributed by atoms with Crippen molar-refractivity contribution in [1.82, 2.24) is 4.72 Å². The van der Waals surface area contributed by atoms with Crippen LogP contribution in [0.1, 0.15) is 25.7 Å². The first-order valence-corrected chi connectivity index (χ1v) is 8.11. The van der Waals surface area contributed by atoms with Gasteiger partial charge in [-0.2, -0.15) is 0 Å². The molecule has 3 nitrogen and oxygen atoms in total. The van der Waals surface area contributed by atoms with E-state index in [4.69, 9.17) is 0 Å². The fourth-order valence-corrected chi connectivity index (χ4v) is 3.97. The molecule has 0 bridgehead atoms. The molecular weight excluding hydrogens is 302 g/mol. The highest BCUT2D eigenvalue weighted by atomic mass is 79.9. The van der Waals surface area contributed by atoms with Crippen LogP contribution in [-0.2, 0) is 10.0 Å². The molecular formula is C12H16BrNO2S. The Balaban J connectivity index is 1.96. The zero-order valence-corrected chi connectivity index (χ0v) is 11.9. The molecule has 0 spiro atoms. The molecule has 5 heteroatoms. The topological polar surface area (TPSA) is 46.2 Å². The molecule has 1 fully saturated rings. The Labute approximate surface area is 111 Å². The summed E-state index contributed by atoms with van der Waals surface area (Å²) in [5.41, 5.74) is 0. The Kier molecular flexibility index (Phi) is 4.22. The van der Waals surface area contributed by atoms with Crippen LogP contribution < -0.4 is 4.72 Å². The van der Waals surface area contributed by atoms with Crippen LogP contribution in [0.2, 0.25) is 0 Å². The van der Waals surface area contributed by atoms with Crippen molar-refractivity contribution < 1.29 is 8.42 Å². The second kappa shape index (κ2) is 5.50. The summed E-state index contributed by atoms with van der Waals surface area (Å²) < 4.78 is 27.3. The van der Waals surface area contributed by atoms with E-state index in [0.717, 1.165) is 12.3 Å². The minimum atomic E-state index is -3.37. The highest BCUT2D eigenvalue weighted by molar-refractivity contribution is 9.10. The van der Waals surface area contributed by atoms with Gasteiger partial charge in [0.15, 0.2) is 0 Å². The van der Waals surface area contributed by atoms with Crippen molar-refractivity contribution in [3.8, 4) is 0 Å². The zero-order valence-electron chi connectivity index (χ0n) is 9.52. The van der Waals surface area contributed by atoms with E-state index in [2.05, 4.69) is 20.7 Å². The summed E-state index contributed by atoms with van der Waals surface area (Å²) in [7, 11) is -3.37. The lowest BCUT2D eigenvalue weighted by atomic mass is 9.83. The molecule has 0 heterocycles. The van der Waals surface area contributed by atoms with Gasteiger partial charge >= 0.3 is 0 Å². The van der Waals surface area contributed by atoms with Gasteiger partial charge in [-0.05, 0) is 40.4 Å². The number of nitrogens with one attached hydrogen (secondary N) is 1. The fraction of sp³-hybridized carbons (Fsp3) is 0.500. The van der Waals surface area contributed by atoms with Gasteiger partial charge in [0.2, 0.25) is 10.0 Å². The number of hydrogen-bond acceptors (Lipinski definition) is 2. The van der Waals surface area contributed by atoms with Crippen LogP contribution in [0.3, 0.4) is 0 Å². The van der Waals surface area contributed by atoms with Gasteiger partial charge < -0.3 is 0 Å². The molecule has 0 aromatic heterocycles. The Bertz CT molecular complexity index is 483. The third kappa shape index (κ3) is 3.30. The molecule has 1 N–H and O–H groups in total. The van der Waals surface area contributed by atoms with E-state index in [0.29, 0.717) is 15.9 Å². The predicted molar refractivity (Wildman–Crippen MR) is 71.3 cm³/mol. The average molecular weight is 318 g/mol. The molecule has 1 saturated carbocycles. The standard InChI is InChI=1S/C12H16BrNO2S/c13-11-6-1-2-7-12(11)17(15,16)14-9-8-10-4-3-5-10/h1-2,6-7,10,14H,3-5,8-9H2. The summed E-state index contributed by atoms with van der Waals surface area (Å²) in [6.45, 7) is 0.536. The zero-order chi connectivity index (χ0) is 12.3. The first-order chi connectivity index (χ1) is 8.09. The number of hydrogen-bond donors (Lipinski definition) is 1. The van der Waals surface area contributed by atoms with E-state index < -0.39 is 10.0 Å². The molecule has 1 aromatic rings. The largest absolute Gasteiger partial charge is 0.241 e. The van der Waals surface area contributed by atoms with E-state index in [1.807, 2.05) is 0 Å². The molecule has 1 aliphatic rings. The Morgan fingerprint density at radius 1 is 1.29 bits per heavy atom. The molecule has 0 atom stereocenters. The summed E-state index contributed by atoms with van der Waals surface area (Å²) >= 11 is 3.26. The lowest BCUT2D eigenvalue weighted by molar-refractivity contribution is 0.297. The van der Waals surface area contributed by atoms with Crippen LogP contribution in [0.5, 0.6) is 0 Å². The molecule has 0 aliphatic heterocycles. The third-order valence-electron chi connectivity index (χ3n) is 3.20. The molecule has 0 amide bonds. The minimum absolute atomic E-state index is 0.314. The molecule has 0 unspecified atom stereocenters. The van der Waals surface area contributed by atoms with Gasteiger partial charge in [0.25, 0.3) is 0 Å². The molecule has 0 radical (unpaired) electrons. The van der Waals surface area contributed by atoms with Gasteiger partial charge in [-0.25, -0.2) is 13.1 Å². The van der Waals surface area contributed by atoms with E-state index in [1.54, 1.807) is 24.3 Å². The van der Waals surface area contributed by atoms with Crippen LogP contribution in [0.15, 0.2) is 33.6 Å². The van der Waals surface area contributed by atoms with Crippen molar-refractivity contribution in [3.63, 3.8) is 0 Å². The third-order valence-corrected chi connectivity index (χ3v) is 5.67. The maximum atomic E-state index is 12.0. The molecule has 1 aromatic carbocycles. The van der Waals surface area contributed by atoms with Crippen LogP contribution >= 0.6 is 15.9 Å². The lowest BCUT2D eigenvalue weighted by Gasteiger charge is -2.25. The van der Waals surface area contributed by atoms with Gasteiger partial charge in [-0.3, -0.25) is 0 Å². The second-order valence-electron chi connectivity index (χ2n) is 4.41. The van der Waals surface area contributed by atoms with Gasteiger partial charge in [0.1, 0.15) is 0 Å². The highest BCUT2D eigenvalue weighted by Crippen LogP contribution is 2.29. The van der Waals surface area contributed by atoms with Crippen molar-refractivity contribution in [2.24, 2.45) is 5.92 Å². The average Bonchev–Trinajstić information content (AvgIpc) is 2.22. The molecule has 1 aliphatic carbocycles. The summed E-state index contributed by atoms with van der Waals surface area (Å²) in [6, 6.07) is 6.87. The first kappa shape index (κ1) is 13.1. The monoisotopic (exact) mass is 317 g/mol. The molecule has 0 saturated heterocycles. The van der Waals surface area contributed by atoms with Crippen molar-refractivity contribution >= 4 is 26.0 Å². The normalized spacial score (nSPS) is 16.8. The molecule has 94 valence electrons. The summed E-state index contributed by atoms with van der Waals surface area (Å²) in [5, 5.41) is 0. The van der Waals surface area contributed by atoms with E-state index in [9.17, 15) is 8.42 Å². The van der Waals surface area contributed by atoms with Gasteiger partial charge in [-0.15, -0.1) is 0 Å². The SMILES string of the molecule is O=S(=O)(NCCC1CCC1)c1ccccc1Br. The fourth-order valence-electron chi connectivity index (χ4n) is 1.92. The minimum Gasteiger partial charge on any atom is -0.211 e. The van der Waals surface area contributed by atoms with Gasteiger partial charge in [-0.1, -0.05) is 31.4 Å². The summed E-state index contributed by atoms with van der Waals surface area (Å²) in [4.78, 5) is 0.314. The number of benzene rings is 1. The van der Waals surface area contributed by atoms with Crippen LogP contribution in [0.25, 0.3) is 0 Å². The lowest BCUT2D eigenvalue weighted by Crippen LogP contribution is -2.27. The maximum Gasteiger partial charge on any atom is 0.241 e. The Morgan fingerprint density at radius 3 is 2.59 bits per heavy atom. The highest BCUT2D eigenvalue weighted by Gasteiger charge is 2.20. The quantitative estimate of drug-likeness (QED) is 0.907. The number of rotatable bonds is 5. The first-order valence-electron chi connectivity index (χ1n) is 5.84. The van der Waals surface area contributed by atoms with Gasteiger partial charge in [0, 0.05) is 11.0 Å². The predicted octanol–water partition coefficient (Wildman–Crippen LogP) is 2.92.